The lowest BCUT2D eigenvalue weighted by atomic mass is 10.1. The van der Waals surface area contributed by atoms with Crippen LogP contribution in [0.2, 0.25) is 0 Å². The van der Waals surface area contributed by atoms with Crippen LogP contribution in [-0.2, 0) is 0 Å². The second-order valence-electron chi connectivity index (χ2n) is 3.45. The number of hydrogen-bond donors (Lipinski definition) is 0. The fourth-order valence-electron chi connectivity index (χ4n) is 1.83. The molecule has 2 nitrogen and oxygen atoms in total. The molecule has 2 fully saturated rings. The van der Waals surface area contributed by atoms with Crippen LogP contribution in [0.5, 0.6) is 0 Å². The molecule has 0 aromatic heterocycles. The van der Waals surface area contributed by atoms with Gasteiger partial charge in [0, 0.05) is 25.7 Å². The van der Waals surface area contributed by atoms with Crippen molar-refractivity contribution in [1.29, 1.82) is 0 Å². The lowest BCUT2D eigenvalue weighted by molar-refractivity contribution is 0.0709. The van der Waals surface area contributed by atoms with E-state index in [1.807, 2.05) is 0 Å². The van der Waals surface area contributed by atoms with Gasteiger partial charge in [-0.15, -0.1) is 0 Å². The lowest BCUT2D eigenvalue weighted by Gasteiger charge is -2.41. The van der Waals surface area contributed by atoms with Crippen molar-refractivity contribution in [1.82, 2.24) is 9.80 Å². The molecule has 0 bridgehead atoms. The van der Waals surface area contributed by atoms with Crippen LogP contribution >= 0.6 is 0 Å². The molecule has 0 amide bonds. The van der Waals surface area contributed by atoms with Crippen LogP contribution in [-0.4, -0.2) is 49.1 Å². The number of hydrogen-bond acceptors (Lipinski definition) is 2. The summed E-state index contributed by atoms with van der Waals surface area (Å²) in [5.41, 5.74) is 0. The van der Waals surface area contributed by atoms with Crippen molar-refractivity contribution in [2.45, 2.75) is 12.5 Å². The smallest absolute Gasteiger partial charge is 0.0350 e. The Morgan fingerprint density at radius 2 is 2.20 bits per heavy atom. The van der Waals surface area contributed by atoms with Gasteiger partial charge in [-0.05, 0) is 26.4 Å². The summed E-state index contributed by atoms with van der Waals surface area (Å²) in [6, 6.07) is 0.878. The van der Waals surface area contributed by atoms with Crippen molar-refractivity contribution in [2.24, 2.45) is 0 Å². The van der Waals surface area contributed by atoms with Crippen LogP contribution in [0, 0.1) is 6.42 Å². The van der Waals surface area contributed by atoms with Gasteiger partial charge in [0.1, 0.15) is 0 Å². The average Bonchev–Trinajstić information content (AvgIpc) is 2.31. The number of nitrogens with zero attached hydrogens (tertiary/aromatic N) is 2. The zero-order valence-corrected chi connectivity index (χ0v) is 6.58. The predicted molar refractivity (Wildman–Crippen MR) is 41.8 cm³/mol. The largest absolute Gasteiger partial charge is 0.303 e. The highest BCUT2D eigenvalue weighted by Gasteiger charge is 2.30. The van der Waals surface area contributed by atoms with Crippen LogP contribution < -0.4 is 0 Å². The molecule has 2 heteroatoms. The monoisotopic (exact) mass is 139 g/mol. The molecule has 0 aromatic rings. The summed E-state index contributed by atoms with van der Waals surface area (Å²) in [7, 11) is 2.19. The summed E-state index contributed by atoms with van der Waals surface area (Å²) in [6.07, 6.45) is 3.69. The molecule has 0 N–H and O–H groups in total. The molecule has 0 atom stereocenters. The number of likely N-dealkylation sites (tertiary alicyclic amines) is 2. The molecule has 10 heavy (non-hydrogen) atoms. The van der Waals surface area contributed by atoms with Gasteiger partial charge in [0.2, 0.25) is 0 Å². The van der Waals surface area contributed by atoms with E-state index in [1.165, 1.54) is 32.6 Å². The minimum atomic E-state index is 0.878. The topological polar surface area (TPSA) is 6.48 Å². The predicted octanol–water partition coefficient (Wildman–Crippen LogP) is 0.210. The average molecular weight is 139 g/mol. The van der Waals surface area contributed by atoms with Crippen LogP contribution in [0.15, 0.2) is 0 Å². The van der Waals surface area contributed by atoms with E-state index in [9.17, 15) is 0 Å². The minimum Gasteiger partial charge on any atom is -0.303 e. The van der Waals surface area contributed by atoms with Crippen LogP contribution in [0.25, 0.3) is 0 Å². The summed E-state index contributed by atoms with van der Waals surface area (Å²) in [5.74, 6) is 0. The van der Waals surface area contributed by atoms with Gasteiger partial charge in [-0.25, -0.2) is 0 Å². The lowest BCUT2D eigenvalue weighted by Crippen LogP contribution is -2.56. The highest BCUT2D eigenvalue weighted by atomic mass is 15.3. The van der Waals surface area contributed by atoms with E-state index in [2.05, 4.69) is 23.3 Å². The van der Waals surface area contributed by atoms with E-state index >= 15 is 0 Å². The standard InChI is InChI=1S/C8H15N2/c1-9-6-8(7-9)10-4-2-3-5-10/h2,8H,3-7H2,1H3. The fraction of sp³-hybridized carbons (Fsp3) is 0.875. The highest BCUT2D eigenvalue weighted by molar-refractivity contribution is 4.92. The van der Waals surface area contributed by atoms with Crippen molar-refractivity contribution < 1.29 is 0 Å². The second kappa shape index (κ2) is 2.51. The maximum absolute atomic E-state index is 2.58. The first-order valence-corrected chi connectivity index (χ1v) is 4.10. The first-order valence-electron chi connectivity index (χ1n) is 4.10. The first-order chi connectivity index (χ1) is 4.86. The third kappa shape index (κ3) is 1.06. The van der Waals surface area contributed by atoms with Crippen molar-refractivity contribution in [2.75, 3.05) is 33.2 Å². The molecule has 57 valence electrons. The molecular formula is C8H15N2. The Hall–Kier alpha value is -0.0800. The molecule has 2 aliphatic rings. The molecule has 2 rings (SSSR count). The molecule has 0 saturated carbocycles. The molecule has 2 saturated heterocycles. The van der Waals surface area contributed by atoms with Gasteiger partial charge in [-0.3, -0.25) is 4.90 Å². The number of rotatable bonds is 1. The summed E-state index contributed by atoms with van der Waals surface area (Å²) in [6.45, 7) is 5.11. The fourth-order valence-corrected chi connectivity index (χ4v) is 1.83. The molecule has 0 spiro atoms. The molecular weight excluding hydrogens is 124 g/mol. The van der Waals surface area contributed by atoms with E-state index in [-0.39, 0.29) is 0 Å². The normalized spacial score (nSPS) is 30.9. The van der Waals surface area contributed by atoms with Crippen molar-refractivity contribution in [3.63, 3.8) is 0 Å². The maximum atomic E-state index is 2.58. The zero-order chi connectivity index (χ0) is 6.97. The molecule has 1 radical (unpaired) electrons. The van der Waals surface area contributed by atoms with E-state index in [4.69, 9.17) is 0 Å². The maximum Gasteiger partial charge on any atom is 0.0350 e. The van der Waals surface area contributed by atoms with E-state index < -0.39 is 0 Å². The summed E-state index contributed by atoms with van der Waals surface area (Å²) < 4.78 is 0. The van der Waals surface area contributed by atoms with Gasteiger partial charge in [-0.1, -0.05) is 0 Å². The van der Waals surface area contributed by atoms with Gasteiger partial charge in [0.05, 0.1) is 0 Å². The van der Waals surface area contributed by atoms with Crippen LogP contribution in [0.1, 0.15) is 6.42 Å². The summed E-state index contributed by atoms with van der Waals surface area (Å²) >= 11 is 0. The third-order valence-corrected chi connectivity index (χ3v) is 2.55. The van der Waals surface area contributed by atoms with E-state index in [1.54, 1.807) is 0 Å². The van der Waals surface area contributed by atoms with Crippen molar-refractivity contribution >= 4 is 0 Å². The van der Waals surface area contributed by atoms with Crippen molar-refractivity contribution in [3.8, 4) is 0 Å². The molecule has 2 aliphatic heterocycles. The molecule has 0 aromatic carbocycles. The van der Waals surface area contributed by atoms with E-state index in [0.717, 1.165) is 6.04 Å². The zero-order valence-electron chi connectivity index (χ0n) is 6.58. The summed E-state index contributed by atoms with van der Waals surface area (Å²) in [5, 5.41) is 0. The first kappa shape index (κ1) is 6.62. The van der Waals surface area contributed by atoms with Gasteiger partial charge in [-0.2, -0.15) is 0 Å². The Morgan fingerprint density at radius 1 is 1.40 bits per heavy atom. The molecule has 0 aliphatic carbocycles. The Labute approximate surface area is 62.8 Å². The second-order valence-corrected chi connectivity index (χ2v) is 3.45. The van der Waals surface area contributed by atoms with Gasteiger partial charge >= 0.3 is 0 Å². The Kier molecular flexibility index (Phi) is 1.66. The van der Waals surface area contributed by atoms with Crippen molar-refractivity contribution in [3.05, 3.63) is 6.42 Å². The van der Waals surface area contributed by atoms with Gasteiger partial charge in [0.15, 0.2) is 0 Å². The number of likely N-dealkylation sites (N-methyl/N-ethyl adjacent to an activating group) is 1. The SMILES string of the molecule is CN1CC(N2C[CH]CC2)C1. The Balaban J connectivity index is 1.78. The third-order valence-electron chi connectivity index (χ3n) is 2.55. The van der Waals surface area contributed by atoms with Crippen LogP contribution in [0.4, 0.5) is 0 Å². The minimum absolute atomic E-state index is 0.878. The van der Waals surface area contributed by atoms with Gasteiger partial charge in [0.25, 0.3) is 0 Å². The Morgan fingerprint density at radius 3 is 2.70 bits per heavy atom. The highest BCUT2D eigenvalue weighted by Crippen LogP contribution is 2.17. The van der Waals surface area contributed by atoms with Crippen LogP contribution in [0.3, 0.4) is 0 Å². The van der Waals surface area contributed by atoms with Gasteiger partial charge < -0.3 is 4.90 Å². The quantitative estimate of drug-likeness (QED) is 0.512. The van der Waals surface area contributed by atoms with E-state index in [0.29, 0.717) is 0 Å². The molecule has 0 unspecified atom stereocenters. The molecule has 2 heterocycles. The Bertz CT molecular complexity index is 112. The summed E-state index contributed by atoms with van der Waals surface area (Å²) in [4.78, 5) is 4.96.